The number of fused-ring (bicyclic) bond motifs is 1. The molecule has 3 aromatic rings. The van der Waals surface area contributed by atoms with Crippen molar-refractivity contribution >= 4 is 32.7 Å². The van der Waals surface area contributed by atoms with Gasteiger partial charge in [0.15, 0.2) is 0 Å². The van der Waals surface area contributed by atoms with Gasteiger partial charge in [0.2, 0.25) is 5.91 Å². The molecule has 10 nitrogen and oxygen atoms in total. The van der Waals surface area contributed by atoms with Crippen molar-refractivity contribution in [2.24, 2.45) is 0 Å². The highest BCUT2D eigenvalue weighted by molar-refractivity contribution is 7.89. The third-order valence-electron chi connectivity index (χ3n) is 7.03. The number of alkyl halides is 3. The maximum absolute atomic E-state index is 14.1. The van der Waals surface area contributed by atoms with Gasteiger partial charge in [-0.3, -0.25) is 9.78 Å². The summed E-state index contributed by atoms with van der Waals surface area (Å²) in [6.07, 6.45) is -0.265. The van der Waals surface area contributed by atoms with Crippen molar-refractivity contribution in [1.29, 1.82) is 0 Å². The number of halogens is 3. The molecule has 2 aliphatic heterocycles. The van der Waals surface area contributed by atoms with Crippen LogP contribution >= 0.6 is 0 Å². The fourth-order valence-electron chi connectivity index (χ4n) is 5.27. The van der Waals surface area contributed by atoms with E-state index in [1.807, 2.05) is 44.2 Å². The first-order valence-electron chi connectivity index (χ1n) is 13.3. The van der Waals surface area contributed by atoms with Gasteiger partial charge in [0.1, 0.15) is 12.0 Å². The molecule has 2 fully saturated rings. The third-order valence-corrected chi connectivity index (χ3v) is 8.50. The van der Waals surface area contributed by atoms with Crippen LogP contribution in [0.15, 0.2) is 42.6 Å². The molecule has 0 bridgehead atoms. The molecule has 1 N–H and O–H groups in total. The van der Waals surface area contributed by atoms with Crippen LogP contribution in [0.5, 0.6) is 0 Å². The van der Waals surface area contributed by atoms with Crippen LogP contribution in [-0.2, 0) is 26.0 Å². The lowest BCUT2D eigenvalue weighted by Gasteiger charge is -2.36. The van der Waals surface area contributed by atoms with E-state index in [2.05, 4.69) is 15.2 Å². The minimum Gasteiger partial charge on any atom is -0.372 e. The molecule has 4 atom stereocenters. The average molecular weight is 593 g/mol. The van der Waals surface area contributed by atoms with E-state index in [0.29, 0.717) is 26.9 Å². The molecule has 3 aromatic heterocycles. The van der Waals surface area contributed by atoms with Crippen molar-refractivity contribution in [2.75, 3.05) is 31.1 Å². The van der Waals surface area contributed by atoms with Gasteiger partial charge in [0.05, 0.1) is 41.2 Å². The van der Waals surface area contributed by atoms with Crippen LogP contribution in [0.2, 0.25) is 0 Å². The molecule has 41 heavy (non-hydrogen) atoms. The van der Waals surface area contributed by atoms with E-state index in [0.717, 1.165) is 24.3 Å². The van der Waals surface area contributed by atoms with Gasteiger partial charge in [-0.1, -0.05) is 6.07 Å². The highest BCUT2D eigenvalue weighted by Crippen LogP contribution is 2.25. The number of anilines is 1. The molecule has 0 spiro atoms. The molecule has 0 saturated carbocycles. The van der Waals surface area contributed by atoms with Crippen LogP contribution in [0.3, 0.4) is 0 Å². The summed E-state index contributed by atoms with van der Waals surface area (Å²) in [5.74, 6) is -3.37. The Morgan fingerprint density at radius 2 is 1.80 bits per heavy atom. The Morgan fingerprint density at radius 3 is 2.54 bits per heavy atom. The van der Waals surface area contributed by atoms with Gasteiger partial charge >= 0.3 is 5.76 Å². The number of sulfonamides is 1. The molecule has 0 radical (unpaired) electrons. The zero-order valence-corrected chi connectivity index (χ0v) is 23.4. The van der Waals surface area contributed by atoms with Gasteiger partial charge < -0.3 is 15.0 Å². The van der Waals surface area contributed by atoms with Crippen LogP contribution in [0, 0.1) is 0 Å². The van der Waals surface area contributed by atoms with Crippen LogP contribution in [0.25, 0.3) is 22.3 Å². The number of hydrogen-bond donors (Lipinski definition) is 1. The average Bonchev–Trinajstić information content (AvgIpc) is 2.91. The van der Waals surface area contributed by atoms with Crippen molar-refractivity contribution in [3.63, 3.8) is 0 Å². The number of amides is 1. The largest absolute Gasteiger partial charge is 0.372 e. The first-order valence-corrected chi connectivity index (χ1v) is 14.8. The minimum atomic E-state index is -4.95. The fourth-order valence-corrected chi connectivity index (χ4v) is 6.25. The number of ether oxygens (including phenoxy) is 1. The predicted molar refractivity (Wildman–Crippen MR) is 147 cm³/mol. The van der Waals surface area contributed by atoms with Crippen LogP contribution in [-0.4, -0.2) is 89.9 Å². The van der Waals surface area contributed by atoms with Crippen molar-refractivity contribution in [3.8, 4) is 11.4 Å². The molecule has 2 aliphatic rings. The van der Waals surface area contributed by atoms with Crippen LogP contribution in [0.4, 0.5) is 19.0 Å². The summed E-state index contributed by atoms with van der Waals surface area (Å²) in [6, 6.07) is 10.2. The molecule has 5 rings (SSSR count). The topological polar surface area (TPSA) is 118 Å². The number of pyridine rings is 3. The number of rotatable bonds is 7. The molecule has 220 valence electrons. The molecule has 5 heterocycles. The van der Waals surface area contributed by atoms with E-state index in [1.54, 1.807) is 12.3 Å². The Balaban J connectivity index is 1.29. The summed E-state index contributed by atoms with van der Waals surface area (Å²) in [7, 11) is -4.95. The normalized spacial score (nSPS) is 24.1. The Bertz CT molecular complexity index is 1520. The summed E-state index contributed by atoms with van der Waals surface area (Å²) in [4.78, 5) is 28.8. The lowest BCUT2D eigenvalue weighted by Crippen LogP contribution is -2.54. The second-order valence-electron chi connectivity index (χ2n) is 10.5. The first-order chi connectivity index (χ1) is 19.5. The molecule has 14 heteroatoms. The summed E-state index contributed by atoms with van der Waals surface area (Å²) < 4.78 is 69.8. The predicted octanol–water partition coefficient (Wildman–Crippen LogP) is 2.93. The zero-order chi connectivity index (χ0) is 29.3. The first kappa shape index (κ1) is 29.1. The van der Waals surface area contributed by atoms with Gasteiger partial charge in [0, 0.05) is 50.2 Å². The highest BCUT2D eigenvalue weighted by atomic mass is 32.2. The van der Waals surface area contributed by atoms with Gasteiger partial charge in [-0.2, -0.15) is 13.1 Å². The van der Waals surface area contributed by atoms with Gasteiger partial charge in [0.25, 0.3) is 10.0 Å². The molecular weight excluding hydrogens is 561 g/mol. The molecule has 0 aromatic carbocycles. The number of piperidine rings is 1. The lowest BCUT2D eigenvalue weighted by atomic mass is 10.1. The maximum Gasteiger partial charge on any atom is 0.350 e. The second-order valence-corrected chi connectivity index (χ2v) is 12.4. The summed E-state index contributed by atoms with van der Waals surface area (Å²) >= 11 is 0. The number of nitrogens with one attached hydrogen (secondary N) is 1. The smallest absolute Gasteiger partial charge is 0.350 e. The van der Waals surface area contributed by atoms with E-state index in [-0.39, 0.29) is 25.0 Å². The number of hydrogen-bond acceptors (Lipinski definition) is 8. The third kappa shape index (κ3) is 6.76. The Morgan fingerprint density at radius 1 is 1.07 bits per heavy atom. The van der Waals surface area contributed by atoms with E-state index < -0.39 is 47.0 Å². The van der Waals surface area contributed by atoms with E-state index in [9.17, 15) is 26.4 Å². The van der Waals surface area contributed by atoms with E-state index >= 15 is 0 Å². The van der Waals surface area contributed by atoms with Crippen LogP contribution in [0.1, 0.15) is 26.0 Å². The van der Waals surface area contributed by atoms with Crippen molar-refractivity contribution in [1.82, 2.24) is 24.6 Å². The SMILES string of the molecule is C[C@@H]1CN(c2cccc(-c3ccc4cnc(CC(=O)N[C@H]5C[C@H](F)CN(S(=O)(=O)C(F)F)C5)cc4n3)n2)C[C@H](C)O1. The zero-order valence-electron chi connectivity index (χ0n) is 22.6. The number of carbonyl (C=O) groups is 1. The summed E-state index contributed by atoms with van der Waals surface area (Å²) in [6.45, 7) is 4.43. The molecule has 2 saturated heterocycles. The lowest BCUT2D eigenvalue weighted by molar-refractivity contribution is -0.121. The van der Waals surface area contributed by atoms with Crippen molar-refractivity contribution in [3.05, 3.63) is 48.3 Å². The van der Waals surface area contributed by atoms with E-state index in [4.69, 9.17) is 14.7 Å². The molecular formula is C27H31F3N6O4S. The Kier molecular flexibility index (Phi) is 8.43. The summed E-state index contributed by atoms with van der Waals surface area (Å²) in [5, 5.41) is 3.31. The number of aromatic nitrogens is 3. The molecule has 0 aliphatic carbocycles. The van der Waals surface area contributed by atoms with Gasteiger partial charge in [-0.15, -0.1) is 0 Å². The van der Waals surface area contributed by atoms with Crippen LogP contribution < -0.4 is 10.2 Å². The number of carbonyl (C=O) groups excluding carboxylic acids is 1. The summed E-state index contributed by atoms with van der Waals surface area (Å²) in [5.41, 5.74) is 2.32. The standard InChI is InChI=1S/C27H31F3N6O4S/c1-16-12-35(13-17(2)40-16)25-5-3-4-22(34-25)23-7-6-18-11-31-20(9-24(18)33-23)10-26(37)32-21-8-19(28)14-36(15-21)41(38,39)27(29)30/h3-7,9,11,16-17,19,21,27H,8,10,12-15H2,1-2H3,(H,32,37)/t16-,17+,19-,21-/m0/s1. The Hall–Kier alpha value is -3.36. The Labute approximate surface area is 236 Å². The fraction of sp³-hybridized carbons (Fsp3) is 0.481. The minimum absolute atomic E-state index is 0.0900. The number of nitrogens with zero attached hydrogens (tertiary/aromatic N) is 5. The van der Waals surface area contributed by atoms with Gasteiger partial charge in [-0.25, -0.2) is 22.8 Å². The quantitative estimate of drug-likeness (QED) is 0.445. The second kappa shape index (κ2) is 11.9. The molecule has 1 amide bonds. The van der Waals surface area contributed by atoms with E-state index in [1.165, 1.54) is 0 Å². The maximum atomic E-state index is 14.1. The van der Waals surface area contributed by atoms with Crippen molar-refractivity contribution < 1.29 is 31.1 Å². The monoisotopic (exact) mass is 592 g/mol. The number of morpholine rings is 1. The highest BCUT2D eigenvalue weighted by Gasteiger charge is 2.39. The van der Waals surface area contributed by atoms with Crippen molar-refractivity contribution in [2.45, 2.75) is 56.9 Å². The van der Waals surface area contributed by atoms with Gasteiger partial charge in [-0.05, 0) is 44.2 Å². The molecule has 0 unspecified atom stereocenters.